The normalized spacial score (nSPS) is 15.0. The number of piperazine rings is 1. The van der Waals surface area contributed by atoms with E-state index in [1.807, 2.05) is 36.4 Å². The van der Waals surface area contributed by atoms with Crippen LogP contribution in [0.3, 0.4) is 0 Å². The van der Waals surface area contributed by atoms with Crippen molar-refractivity contribution in [3.05, 3.63) is 83.4 Å². The van der Waals surface area contributed by atoms with Crippen LogP contribution in [0.2, 0.25) is 0 Å². The van der Waals surface area contributed by atoms with Crippen molar-refractivity contribution in [3.8, 4) is 28.4 Å². The van der Waals surface area contributed by atoms with E-state index >= 15 is 0 Å². The van der Waals surface area contributed by atoms with E-state index in [0.29, 0.717) is 30.5 Å². The molecule has 1 saturated heterocycles. The summed E-state index contributed by atoms with van der Waals surface area (Å²) in [4.78, 5) is 30.2. The first-order chi connectivity index (χ1) is 22.0. The Balaban J connectivity index is 0.959. The molecule has 0 spiro atoms. The first-order valence-corrected chi connectivity index (χ1v) is 15.5. The minimum absolute atomic E-state index is 0.172. The summed E-state index contributed by atoms with van der Waals surface area (Å²) in [7, 11) is 4.65. The number of fused-ring (bicyclic) bond motifs is 3. The number of esters is 2. The van der Waals surface area contributed by atoms with Crippen LogP contribution in [0.1, 0.15) is 35.4 Å². The zero-order valence-electron chi connectivity index (χ0n) is 26.3. The fraction of sp³-hybridized carbons (Fsp3) is 0.389. The standard InChI is InChI=1S/C36H42N2O7/c1-41-31-24-26(25-32(42-2)35(31)43-3)14-15-33(39)44-22-8-16-37-18-20-38(21-19-37)17-9-23-45-36(40)34-29-12-6-4-10-27(29)28-11-5-7-13-30(28)34/h4-7,10-15,24-25,34H,8-9,16-23H2,1-3H3/b15-14+. The topological polar surface area (TPSA) is 86.8 Å². The number of hydrogen-bond acceptors (Lipinski definition) is 9. The van der Waals surface area contributed by atoms with Crippen molar-refractivity contribution in [1.29, 1.82) is 0 Å². The third kappa shape index (κ3) is 7.85. The Morgan fingerprint density at radius 1 is 0.733 bits per heavy atom. The molecule has 2 aliphatic rings. The first-order valence-electron chi connectivity index (χ1n) is 15.5. The lowest BCUT2D eigenvalue weighted by Gasteiger charge is -2.34. The van der Waals surface area contributed by atoms with Gasteiger partial charge < -0.3 is 33.5 Å². The molecule has 0 saturated carbocycles. The fourth-order valence-electron chi connectivity index (χ4n) is 6.06. The maximum Gasteiger partial charge on any atom is 0.330 e. The molecule has 238 valence electrons. The van der Waals surface area contributed by atoms with Crippen LogP contribution in [0.25, 0.3) is 17.2 Å². The monoisotopic (exact) mass is 614 g/mol. The van der Waals surface area contributed by atoms with Crippen molar-refractivity contribution in [1.82, 2.24) is 9.80 Å². The highest BCUT2D eigenvalue weighted by atomic mass is 16.5. The van der Waals surface area contributed by atoms with E-state index in [2.05, 4.69) is 21.9 Å². The smallest absolute Gasteiger partial charge is 0.330 e. The SMILES string of the molecule is COc1cc(/C=C/C(=O)OCCCN2CCN(CCCOC(=O)C3c4ccccc4-c4ccccc43)CC2)cc(OC)c1OC. The lowest BCUT2D eigenvalue weighted by Crippen LogP contribution is -2.47. The third-order valence-corrected chi connectivity index (χ3v) is 8.36. The highest BCUT2D eigenvalue weighted by Crippen LogP contribution is 2.45. The lowest BCUT2D eigenvalue weighted by molar-refractivity contribution is -0.144. The Hall–Kier alpha value is -4.34. The van der Waals surface area contributed by atoms with Gasteiger partial charge in [-0.2, -0.15) is 0 Å². The summed E-state index contributed by atoms with van der Waals surface area (Å²) >= 11 is 0. The number of ether oxygens (including phenoxy) is 5. The summed E-state index contributed by atoms with van der Waals surface area (Å²) in [6.07, 6.45) is 4.65. The van der Waals surface area contributed by atoms with Gasteiger partial charge in [0, 0.05) is 45.3 Å². The molecule has 1 fully saturated rings. The van der Waals surface area contributed by atoms with Crippen LogP contribution in [0.15, 0.2) is 66.7 Å². The number of methoxy groups -OCH3 is 3. The van der Waals surface area contributed by atoms with Crippen molar-refractivity contribution in [2.75, 3.05) is 73.8 Å². The summed E-state index contributed by atoms with van der Waals surface area (Å²) in [6.45, 7) is 6.41. The van der Waals surface area contributed by atoms with E-state index in [-0.39, 0.29) is 11.9 Å². The van der Waals surface area contributed by atoms with E-state index in [0.717, 1.165) is 79.9 Å². The molecule has 9 heteroatoms. The number of nitrogens with zero attached hydrogens (tertiary/aromatic N) is 2. The molecule has 0 bridgehead atoms. The number of carbonyl (C=O) groups is 2. The number of benzene rings is 3. The maximum atomic E-state index is 13.1. The van der Waals surface area contributed by atoms with Gasteiger partial charge in [-0.3, -0.25) is 4.79 Å². The molecule has 0 N–H and O–H groups in total. The molecule has 0 atom stereocenters. The van der Waals surface area contributed by atoms with E-state index in [1.54, 1.807) is 39.5 Å². The van der Waals surface area contributed by atoms with E-state index in [1.165, 1.54) is 6.08 Å². The van der Waals surface area contributed by atoms with Crippen LogP contribution in [0.4, 0.5) is 0 Å². The Labute approximate surface area is 265 Å². The highest BCUT2D eigenvalue weighted by molar-refractivity contribution is 5.93. The van der Waals surface area contributed by atoms with Crippen LogP contribution in [0, 0.1) is 0 Å². The zero-order valence-corrected chi connectivity index (χ0v) is 26.3. The Kier molecular flexibility index (Phi) is 11.1. The maximum absolute atomic E-state index is 13.1. The molecule has 1 aliphatic heterocycles. The van der Waals surface area contributed by atoms with Gasteiger partial charge in [0.05, 0.1) is 34.5 Å². The van der Waals surface area contributed by atoms with Crippen molar-refractivity contribution in [2.24, 2.45) is 0 Å². The second kappa shape index (κ2) is 15.6. The van der Waals surface area contributed by atoms with Crippen molar-refractivity contribution in [2.45, 2.75) is 18.8 Å². The molecule has 1 heterocycles. The molecule has 0 amide bonds. The molecule has 0 radical (unpaired) electrons. The van der Waals surface area contributed by atoms with Crippen LogP contribution in [0.5, 0.6) is 17.2 Å². The van der Waals surface area contributed by atoms with E-state index in [9.17, 15) is 9.59 Å². The second-order valence-corrected chi connectivity index (χ2v) is 11.1. The number of rotatable bonds is 14. The Morgan fingerprint density at radius 2 is 1.24 bits per heavy atom. The average Bonchev–Trinajstić information content (AvgIpc) is 3.42. The summed E-state index contributed by atoms with van der Waals surface area (Å²) in [6, 6.07) is 19.7. The van der Waals surface area contributed by atoms with Gasteiger partial charge in [-0.25, -0.2) is 4.79 Å². The zero-order chi connectivity index (χ0) is 31.6. The fourth-order valence-corrected chi connectivity index (χ4v) is 6.06. The van der Waals surface area contributed by atoms with Gasteiger partial charge in [0.25, 0.3) is 0 Å². The van der Waals surface area contributed by atoms with Gasteiger partial charge in [0.2, 0.25) is 5.75 Å². The van der Waals surface area contributed by atoms with Gasteiger partial charge in [0.1, 0.15) is 5.92 Å². The van der Waals surface area contributed by atoms with Gasteiger partial charge in [-0.1, -0.05) is 48.5 Å². The van der Waals surface area contributed by atoms with Crippen molar-refractivity contribution in [3.63, 3.8) is 0 Å². The van der Waals surface area contributed by atoms with Crippen LogP contribution < -0.4 is 14.2 Å². The van der Waals surface area contributed by atoms with Gasteiger partial charge in [-0.15, -0.1) is 0 Å². The summed E-state index contributed by atoms with van der Waals surface area (Å²) in [5, 5.41) is 0. The molecule has 9 nitrogen and oxygen atoms in total. The van der Waals surface area contributed by atoms with Gasteiger partial charge >= 0.3 is 11.9 Å². The second-order valence-electron chi connectivity index (χ2n) is 11.1. The quantitative estimate of drug-likeness (QED) is 0.141. The van der Waals surface area contributed by atoms with E-state index in [4.69, 9.17) is 23.7 Å². The van der Waals surface area contributed by atoms with Crippen LogP contribution in [-0.2, 0) is 19.1 Å². The van der Waals surface area contributed by atoms with Crippen molar-refractivity contribution >= 4 is 18.0 Å². The Bertz CT molecular complexity index is 1430. The molecule has 0 aromatic heterocycles. The predicted octanol–water partition coefficient (Wildman–Crippen LogP) is 5.02. The van der Waals surface area contributed by atoms with Gasteiger partial charge in [0.15, 0.2) is 11.5 Å². The number of hydrogen-bond donors (Lipinski definition) is 0. The average molecular weight is 615 g/mol. The number of carbonyl (C=O) groups excluding carboxylic acids is 2. The molecule has 45 heavy (non-hydrogen) atoms. The van der Waals surface area contributed by atoms with Crippen LogP contribution in [-0.4, -0.2) is 95.6 Å². The summed E-state index contributed by atoms with van der Waals surface area (Å²) in [5.41, 5.74) is 5.04. The molecule has 5 rings (SSSR count). The molecular formula is C36H42N2O7. The van der Waals surface area contributed by atoms with Crippen LogP contribution >= 0.6 is 0 Å². The third-order valence-electron chi connectivity index (χ3n) is 8.36. The van der Waals surface area contributed by atoms with E-state index < -0.39 is 5.97 Å². The minimum Gasteiger partial charge on any atom is -0.493 e. The molecule has 1 aliphatic carbocycles. The predicted molar refractivity (Wildman–Crippen MR) is 173 cm³/mol. The van der Waals surface area contributed by atoms with Crippen molar-refractivity contribution < 1.29 is 33.3 Å². The minimum atomic E-state index is -0.393. The molecule has 3 aromatic carbocycles. The summed E-state index contributed by atoms with van der Waals surface area (Å²) in [5.74, 6) is 0.624. The molecule has 0 unspecified atom stereocenters. The molecular weight excluding hydrogens is 572 g/mol. The van der Waals surface area contributed by atoms with Gasteiger partial charge in [-0.05, 0) is 58.9 Å². The first kappa shape index (κ1) is 32.1. The molecule has 3 aromatic rings. The lowest BCUT2D eigenvalue weighted by atomic mass is 9.97. The Morgan fingerprint density at radius 3 is 1.76 bits per heavy atom. The summed E-state index contributed by atoms with van der Waals surface area (Å²) < 4.78 is 27.2. The highest BCUT2D eigenvalue weighted by Gasteiger charge is 2.34. The largest absolute Gasteiger partial charge is 0.493 e.